The fourth-order valence-corrected chi connectivity index (χ4v) is 2.10. The van der Waals surface area contributed by atoms with Crippen molar-refractivity contribution in [2.75, 3.05) is 18.0 Å². The van der Waals surface area contributed by atoms with Gasteiger partial charge in [0.2, 0.25) is 0 Å². The fraction of sp³-hybridized carbons (Fsp3) is 0.455. The van der Waals surface area contributed by atoms with Gasteiger partial charge in [0.15, 0.2) is 0 Å². The Morgan fingerprint density at radius 3 is 3.00 bits per heavy atom. The Morgan fingerprint density at radius 2 is 2.33 bits per heavy atom. The maximum absolute atomic E-state index is 11.0. The molecule has 0 saturated carbocycles. The third kappa shape index (κ3) is 2.55. The third-order valence-electron chi connectivity index (χ3n) is 3.06. The number of piperidine rings is 1. The molecule has 1 aliphatic rings. The predicted molar refractivity (Wildman–Crippen MR) is 63.5 cm³/mol. The molecule has 0 aromatic carbocycles. The van der Waals surface area contributed by atoms with E-state index in [4.69, 9.17) is 5.11 Å². The van der Waals surface area contributed by atoms with E-state index in [2.05, 4.69) is 4.98 Å². The molecule has 7 nitrogen and oxygen atoms in total. The molecule has 1 saturated heterocycles. The molecule has 1 fully saturated rings. The molecule has 1 unspecified atom stereocenters. The maximum Gasteiger partial charge on any atom is 0.308 e. The van der Waals surface area contributed by atoms with Gasteiger partial charge in [-0.15, -0.1) is 0 Å². The number of anilines is 1. The molecular weight excluding hydrogens is 238 g/mol. The standard InChI is InChI=1S/C11H13N3O4/c15-11(16)8-2-1-3-13(7-8)9-4-10(14(17)18)6-12-5-9/h4-6,8H,1-3,7H2,(H,15,16). The van der Waals surface area contributed by atoms with E-state index in [1.165, 1.54) is 18.5 Å². The first-order valence-electron chi connectivity index (χ1n) is 5.65. The van der Waals surface area contributed by atoms with Crippen LogP contribution >= 0.6 is 0 Å². The summed E-state index contributed by atoms with van der Waals surface area (Å²) < 4.78 is 0. The number of aliphatic carboxylic acids is 1. The number of hydrogen-bond acceptors (Lipinski definition) is 5. The molecular formula is C11H13N3O4. The molecule has 1 atom stereocenters. The first kappa shape index (κ1) is 12.3. The molecule has 0 radical (unpaired) electrons. The van der Waals surface area contributed by atoms with Crippen molar-refractivity contribution in [3.8, 4) is 0 Å². The zero-order valence-corrected chi connectivity index (χ0v) is 9.65. The smallest absolute Gasteiger partial charge is 0.308 e. The normalized spacial score (nSPS) is 19.6. The largest absolute Gasteiger partial charge is 0.481 e. The van der Waals surface area contributed by atoms with E-state index in [1.54, 1.807) is 0 Å². The highest BCUT2D eigenvalue weighted by Crippen LogP contribution is 2.25. The number of aromatic nitrogens is 1. The van der Waals surface area contributed by atoms with E-state index in [0.29, 0.717) is 25.2 Å². The van der Waals surface area contributed by atoms with Crippen LogP contribution in [0.3, 0.4) is 0 Å². The number of carboxylic acids is 1. The highest BCUT2D eigenvalue weighted by atomic mass is 16.6. The lowest BCUT2D eigenvalue weighted by atomic mass is 9.98. The van der Waals surface area contributed by atoms with Crippen LogP contribution in [0.25, 0.3) is 0 Å². The van der Waals surface area contributed by atoms with E-state index in [9.17, 15) is 14.9 Å². The highest BCUT2D eigenvalue weighted by Gasteiger charge is 2.26. The number of nitrogens with zero attached hydrogens (tertiary/aromatic N) is 3. The number of pyridine rings is 1. The Labute approximate surface area is 103 Å². The zero-order valence-electron chi connectivity index (χ0n) is 9.65. The van der Waals surface area contributed by atoms with E-state index in [0.717, 1.165) is 6.42 Å². The Bertz CT molecular complexity index is 477. The summed E-state index contributed by atoms with van der Waals surface area (Å²) in [5.74, 6) is -1.24. The van der Waals surface area contributed by atoms with Crippen molar-refractivity contribution in [3.05, 3.63) is 28.6 Å². The van der Waals surface area contributed by atoms with Crippen molar-refractivity contribution in [1.82, 2.24) is 4.98 Å². The summed E-state index contributed by atoms with van der Waals surface area (Å²) in [6.07, 6.45) is 4.12. The molecule has 2 rings (SSSR count). The molecule has 1 aliphatic heterocycles. The van der Waals surface area contributed by atoms with Gasteiger partial charge in [-0.25, -0.2) is 0 Å². The molecule has 1 N–H and O–H groups in total. The average molecular weight is 251 g/mol. The van der Waals surface area contributed by atoms with Crippen LogP contribution < -0.4 is 4.90 Å². The summed E-state index contributed by atoms with van der Waals surface area (Å²) in [6.45, 7) is 1.07. The second kappa shape index (κ2) is 4.99. The SMILES string of the molecule is O=C(O)C1CCCN(c2cncc([N+](=O)[O-])c2)C1. The monoisotopic (exact) mass is 251 g/mol. The van der Waals surface area contributed by atoms with Crippen LogP contribution in [-0.4, -0.2) is 34.1 Å². The molecule has 1 aromatic rings. The fourth-order valence-electron chi connectivity index (χ4n) is 2.10. The number of nitro groups is 1. The van der Waals surface area contributed by atoms with E-state index in [1.807, 2.05) is 4.90 Å². The van der Waals surface area contributed by atoms with Crippen LogP contribution in [0.1, 0.15) is 12.8 Å². The van der Waals surface area contributed by atoms with Crippen LogP contribution in [0.2, 0.25) is 0 Å². The van der Waals surface area contributed by atoms with Crippen molar-refractivity contribution in [3.63, 3.8) is 0 Å². The Kier molecular flexibility index (Phi) is 3.40. The minimum atomic E-state index is -0.821. The van der Waals surface area contributed by atoms with Crippen molar-refractivity contribution in [1.29, 1.82) is 0 Å². The first-order chi connectivity index (χ1) is 8.58. The Balaban J connectivity index is 2.18. The van der Waals surface area contributed by atoms with Gasteiger partial charge in [-0.1, -0.05) is 0 Å². The van der Waals surface area contributed by atoms with Gasteiger partial charge in [0.25, 0.3) is 5.69 Å². The molecule has 0 amide bonds. The molecule has 0 spiro atoms. The second-order valence-electron chi connectivity index (χ2n) is 4.28. The quantitative estimate of drug-likeness (QED) is 0.642. The van der Waals surface area contributed by atoms with Crippen molar-refractivity contribution < 1.29 is 14.8 Å². The lowest BCUT2D eigenvalue weighted by Gasteiger charge is -2.32. The van der Waals surface area contributed by atoms with Crippen LogP contribution in [0, 0.1) is 16.0 Å². The van der Waals surface area contributed by atoms with Crippen molar-refractivity contribution >= 4 is 17.3 Å². The Morgan fingerprint density at radius 1 is 1.56 bits per heavy atom. The molecule has 1 aromatic heterocycles. The molecule has 0 aliphatic carbocycles. The zero-order chi connectivity index (χ0) is 13.1. The van der Waals surface area contributed by atoms with Gasteiger partial charge in [-0.3, -0.25) is 19.9 Å². The number of carboxylic acid groups (broad SMARTS) is 1. The number of carbonyl (C=O) groups is 1. The number of hydrogen-bond donors (Lipinski definition) is 1. The molecule has 7 heteroatoms. The van der Waals surface area contributed by atoms with Gasteiger partial charge in [-0.2, -0.15) is 0 Å². The summed E-state index contributed by atoms with van der Waals surface area (Å²) in [6, 6.07) is 1.43. The predicted octanol–water partition coefficient (Wildman–Crippen LogP) is 1.29. The molecule has 18 heavy (non-hydrogen) atoms. The van der Waals surface area contributed by atoms with Gasteiger partial charge in [-0.05, 0) is 12.8 Å². The van der Waals surface area contributed by atoms with Gasteiger partial charge >= 0.3 is 5.97 Å². The van der Waals surface area contributed by atoms with E-state index < -0.39 is 16.8 Å². The minimum Gasteiger partial charge on any atom is -0.481 e. The lowest BCUT2D eigenvalue weighted by molar-refractivity contribution is -0.385. The van der Waals surface area contributed by atoms with Crippen LogP contribution in [-0.2, 0) is 4.79 Å². The first-order valence-corrected chi connectivity index (χ1v) is 5.65. The van der Waals surface area contributed by atoms with Gasteiger partial charge in [0.05, 0.1) is 22.7 Å². The summed E-state index contributed by atoms with van der Waals surface area (Å²) in [4.78, 5) is 26.8. The molecule has 0 bridgehead atoms. The van der Waals surface area contributed by atoms with Crippen LogP contribution in [0.15, 0.2) is 18.5 Å². The third-order valence-corrected chi connectivity index (χ3v) is 3.06. The summed E-state index contributed by atoms with van der Waals surface area (Å²) in [5, 5.41) is 19.7. The van der Waals surface area contributed by atoms with Gasteiger partial charge in [0, 0.05) is 19.2 Å². The van der Waals surface area contributed by atoms with Crippen LogP contribution in [0.4, 0.5) is 11.4 Å². The maximum atomic E-state index is 11.0. The molecule has 2 heterocycles. The summed E-state index contributed by atoms with van der Waals surface area (Å²) in [7, 11) is 0. The van der Waals surface area contributed by atoms with Gasteiger partial charge < -0.3 is 10.0 Å². The van der Waals surface area contributed by atoms with E-state index in [-0.39, 0.29) is 5.69 Å². The number of rotatable bonds is 3. The lowest BCUT2D eigenvalue weighted by Crippen LogP contribution is -2.38. The Hall–Kier alpha value is -2.18. The summed E-state index contributed by atoms with van der Waals surface area (Å²) >= 11 is 0. The van der Waals surface area contributed by atoms with E-state index >= 15 is 0 Å². The second-order valence-corrected chi connectivity index (χ2v) is 4.28. The minimum absolute atomic E-state index is 0.0788. The van der Waals surface area contributed by atoms with Gasteiger partial charge in [0.1, 0.15) is 6.20 Å². The summed E-state index contributed by atoms with van der Waals surface area (Å²) in [5.41, 5.74) is 0.528. The van der Waals surface area contributed by atoms with Crippen molar-refractivity contribution in [2.24, 2.45) is 5.92 Å². The molecule has 96 valence electrons. The van der Waals surface area contributed by atoms with Crippen LogP contribution in [0.5, 0.6) is 0 Å². The topological polar surface area (TPSA) is 96.6 Å². The van der Waals surface area contributed by atoms with Crippen molar-refractivity contribution in [2.45, 2.75) is 12.8 Å². The average Bonchev–Trinajstić information content (AvgIpc) is 2.39. The highest BCUT2D eigenvalue weighted by molar-refractivity contribution is 5.71.